The van der Waals surface area contributed by atoms with Crippen LogP contribution in [-0.4, -0.2) is 27.7 Å². The number of hydrogen-bond donors (Lipinski definition) is 1. The molecule has 0 aliphatic rings. The van der Waals surface area contributed by atoms with Crippen LogP contribution in [-0.2, 0) is 11.3 Å². The van der Waals surface area contributed by atoms with Crippen molar-refractivity contribution in [3.05, 3.63) is 30.5 Å². The Labute approximate surface area is 111 Å². The number of benzene rings is 1. The Bertz CT molecular complexity index is 720. The van der Waals surface area contributed by atoms with Gasteiger partial charge in [0.05, 0.1) is 23.8 Å². The van der Waals surface area contributed by atoms with E-state index in [9.17, 15) is 0 Å². The molecular weight excluding hydrogens is 240 g/mol. The molecule has 0 spiro atoms. The average molecular weight is 256 g/mol. The van der Waals surface area contributed by atoms with Crippen LogP contribution in [0.1, 0.15) is 6.92 Å². The Morgan fingerprint density at radius 2 is 2.11 bits per heavy atom. The van der Waals surface area contributed by atoms with Crippen LogP contribution in [0.25, 0.3) is 21.9 Å². The minimum absolute atomic E-state index is 0.507. The van der Waals surface area contributed by atoms with E-state index in [1.807, 2.05) is 35.8 Å². The highest BCUT2D eigenvalue weighted by Gasteiger charge is 2.11. The lowest BCUT2D eigenvalue weighted by molar-refractivity contribution is 0.140. The van der Waals surface area contributed by atoms with Crippen LogP contribution in [0.2, 0.25) is 0 Å². The van der Waals surface area contributed by atoms with Gasteiger partial charge in [0.15, 0.2) is 0 Å². The number of ether oxygens (including phenoxy) is 1. The fourth-order valence-corrected chi connectivity index (χ4v) is 2.31. The molecule has 2 aromatic heterocycles. The molecule has 0 aliphatic carbocycles. The van der Waals surface area contributed by atoms with Crippen LogP contribution in [0.3, 0.4) is 0 Å². The molecular formula is C14H16N4O. The SMILES string of the molecule is CCOCCn1c(N)nc2cnc3ccccc3c21. The molecule has 98 valence electrons. The molecule has 0 saturated carbocycles. The third-order valence-electron chi connectivity index (χ3n) is 3.17. The van der Waals surface area contributed by atoms with E-state index in [0.717, 1.165) is 21.9 Å². The van der Waals surface area contributed by atoms with Crippen molar-refractivity contribution in [1.82, 2.24) is 14.5 Å². The van der Waals surface area contributed by atoms with Crippen molar-refractivity contribution >= 4 is 27.9 Å². The molecule has 1 aromatic carbocycles. The largest absolute Gasteiger partial charge is 0.380 e. The Morgan fingerprint density at radius 1 is 1.26 bits per heavy atom. The smallest absolute Gasteiger partial charge is 0.201 e. The number of aromatic nitrogens is 3. The number of nitrogen functional groups attached to an aromatic ring is 1. The van der Waals surface area contributed by atoms with E-state index in [1.54, 1.807) is 6.20 Å². The molecule has 3 rings (SSSR count). The van der Waals surface area contributed by atoms with Crippen molar-refractivity contribution in [3.8, 4) is 0 Å². The maximum absolute atomic E-state index is 6.00. The number of anilines is 1. The Kier molecular flexibility index (Phi) is 3.05. The quantitative estimate of drug-likeness (QED) is 0.727. The number of rotatable bonds is 4. The number of nitrogens with zero attached hydrogens (tertiary/aromatic N) is 3. The Hall–Kier alpha value is -2.14. The Morgan fingerprint density at radius 3 is 2.95 bits per heavy atom. The molecule has 2 heterocycles. The topological polar surface area (TPSA) is 66.0 Å². The summed E-state index contributed by atoms with van der Waals surface area (Å²) in [5.41, 5.74) is 8.80. The van der Waals surface area contributed by atoms with Gasteiger partial charge in [-0.3, -0.25) is 4.98 Å². The fourth-order valence-electron chi connectivity index (χ4n) is 2.31. The van der Waals surface area contributed by atoms with E-state index in [2.05, 4.69) is 9.97 Å². The molecule has 0 atom stereocenters. The maximum Gasteiger partial charge on any atom is 0.201 e. The van der Waals surface area contributed by atoms with E-state index >= 15 is 0 Å². The van der Waals surface area contributed by atoms with Gasteiger partial charge in [0.25, 0.3) is 0 Å². The summed E-state index contributed by atoms with van der Waals surface area (Å²) in [5.74, 6) is 0.507. The molecule has 3 aromatic rings. The first-order chi connectivity index (χ1) is 9.31. The summed E-state index contributed by atoms with van der Waals surface area (Å²) < 4.78 is 7.40. The van der Waals surface area contributed by atoms with Gasteiger partial charge in [-0.05, 0) is 13.0 Å². The van der Waals surface area contributed by atoms with E-state index in [4.69, 9.17) is 10.5 Å². The van der Waals surface area contributed by atoms with Crippen LogP contribution in [0, 0.1) is 0 Å². The van der Waals surface area contributed by atoms with Crippen LogP contribution in [0.15, 0.2) is 30.5 Å². The summed E-state index contributed by atoms with van der Waals surface area (Å²) >= 11 is 0. The van der Waals surface area contributed by atoms with Crippen LogP contribution in [0.5, 0.6) is 0 Å². The molecule has 0 bridgehead atoms. The lowest BCUT2D eigenvalue weighted by atomic mass is 10.2. The van der Waals surface area contributed by atoms with Crippen LogP contribution in [0.4, 0.5) is 5.95 Å². The van der Waals surface area contributed by atoms with Gasteiger partial charge in [-0.2, -0.15) is 0 Å². The fraction of sp³-hybridized carbons (Fsp3) is 0.286. The van der Waals surface area contributed by atoms with Gasteiger partial charge >= 0.3 is 0 Å². The van der Waals surface area contributed by atoms with Crippen molar-refractivity contribution in [3.63, 3.8) is 0 Å². The number of pyridine rings is 1. The van der Waals surface area contributed by atoms with E-state index in [-0.39, 0.29) is 0 Å². The van der Waals surface area contributed by atoms with Crippen molar-refractivity contribution in [2.45, 2.75) is 13.5 Å². The monoisotopic (exact) mass is 256 g/mol. The third-order valence-corrected chi connectivity index (χ3v) is 3.17. The van der Waals surface area contributed by atoms with Gasteiger partial charge in [0, 0.05) is 18.5 Å². The predicted octanol–water partition coefficient (Wildman–Crippen LogP) is 2.20. The minimum atomic E-state index is 0.507. The molecule has 0 aliphatic heterocycles. The molecule has 2 N–H and O–H groups in total. The van der Waals surface area contributed by atoms with E-state index in [0.29, 0.717) is 25.7 Å². The third kappa shape index (κ3) is 2.02. The first-order valence-electron chi connectivity index (χ1n) is 6.38. The summed E-state index contributed by atoms with van der Waals surface area (Å²) in [7, 11) is 0. The predicted molar refractivity (Wildman–Crippen MR) is 75.9 cm³/mol. The highest BCUT2D eigenvalue weighted by molar-refractivity contribution is 6.02. The number of nitrogens with two attached hydrogens (primary N) is 1. The second-order valence-corrected chi connectivity index (χ2v) is 4.33. The zero-order valence-corrected chi connectivity index (χ0v) is 10.8. The van der Waals surface area contributed by atoms with Gasteiger partial charge in [-0.1, -0.05) is 18.2 Å². The lowest BCUT2D eigenvalue weighted by Crippen LogP contribution is -2.09. The minimum Gasteiger partial charge on any atom is -0.380 e. The van der Waals surface area contributed by atoms with Gasteiger partial charge in [0.2, 0.25) is 5.95 Å². The van der Waals surface area contributed by atoms with Crippen molar-refractivity contribution in [2.24, 2.45) is 0 Å². The van der Waals surface area contributed by atoms with Gasteiger partial charge in [-0.25, -0.2) is 4.98 Å². The van der Waals surface area contributed by atoms with Crippen molar-refractivity contribution < 1.29 is 4.74 Å². The van der Waals surface area contributed by atoms with Crippen molar-refractivity contribution in [1.29, 1.82) is 0 Å². The lowest BCUT2D eigenvalue weighted by Gasteiger charge is -2.08. The summed E-state index contributed by atoms with van der Waals surface area (Å²) in [6.45, 7) is 4.01. The molecule has 19 heavy (non-hydrogen) atoms. The Balaban J connectivity index is 2.19. The van der Waals surface area contributed by atoms with Gasteiger partial charge in [-0.15, -0.1) is 0 Å². The highest BCUT2D eigenvalue weighted by Crippen LogP contribution is 2.25. The molecule has 0 radical (unpaired) electrons. The second-order valence-electron chi connectivity index (χ2n) is 4.33. The summed E-state index contributed by atoms with van der Waals surface area (Å²) in [6, 6.07) is 8.01. The summed E-state index contributed by atoms with van der Waals surface area (Å²) in [4.78, 5) is 8.76. The molecule has 0 unspecified atom stereocenters. The van der Waals surface area contributed by atoms with E-state index in [1.165, 1.54) is 0 Å². The number of para-hydroxylation sites is 1. The first kappa shape index (κ1) is 11.9. The first-order valence-corrected chi connectivity index (χ1v) is 6.38. The van der Waals surface area contributed by atoms with Gasteiger partial charge in [0.1, 0.15) is 5.52 Å². The van der Waals surface area contributed by atoms with Crippen molar-refractivity contribution in [2.75, 3.05) is 18.9 Å². The zero-order chi connectivity index (χ0) is 13.2. The summed E-state index contributed by atoms with van der Waals surface area (Å²) in [5, 5.41) is 1.07. The maximum atomic E-state index is 6.00. The number of imidazole rings is 1. The van der Waals surface area contributed by atoms with E-state index < -0.39 is 0 Å². The molecule has 0 amide bonds. The van der Waals surface area contributed by atoms with Crippen LogP contribution < -0.4 is 5.73 Å². The number of fused-ring (bicyclic) bond motifs is 3. The molecule has 0 saturated heterocycles. The second kappa shape index (κ2) is 4.85. The summed E-state index contributed by atoms with van der Waals surface area (Å²) in [6.07, 6.45) is 1.77. The molecule has 5 nitrogen and oxygen atoms in total. The molecule has 0 fully saturated rings. The average Bonchev–Trinajstić information content (AvgIpc) is 2.76. The normalized spacial score (nSPS) is 11.4. The van der Waals surface area contributed by atoms with Gasteiger partial charge < -0.3 is 15.0 Å². The van der Waals surface area contributed by atoms with Crippen LogP contribution >= 0.6 is 0 Å². The zero-order valence-electron chi connectivity index (χ0n) is 10.8. The standard InChI is InChI=1S/C14H16N4O/c1-2-19-8-7-18-13-10-5-3-4-6-11(10)16-9-12(13)17-14(18)15/h3-6,9H,2,7-8H2,1H3,(H2,15,17). The molecule has 5 heteroatoms. The number of hydrogen-bond acceptors (Lipinski definition) is 4. The highest BCUT2D eigenvalue weighted by atomic mass is 16.5.